The second kappa shape index (κ2) is 5.58. The minimum Gasteiger partial charge on any atom is -0.490 e. The largest absolute Gasteiger partial charge is 0.490 e. The Morgan fingerprint density at radius 3 is 2.50 bits per heavy atom. The Morgan fingerprint density at radius 2 is 1.83 bits per heavy atom. The van der Waals surface area contributed by atoms with Crippen LogP contribution in [0, 0.1) is 0 Å². The van der Waals surface area contributed by atoms with Gasteiger partial charge in [0, 0.05) is 6.20 Å². The fraction of sp³-hybridized carbons (Fsp3) is 0.357. The molecule has 1 aliphatic rings. The number of carbonyl (C=O) groups excluding carboxylic acids is 1. The first kappa shape index (κ1) is 12.5. The minimum atomic E-state index is -0.0170. The molecule has 96 valence electrons. The Kier molecular flexibility index (Phi) is 3.87. The highest BCUT2D eigenvalue weighted by Gasteiger charge is 2.14. The number of benzene rings is 1. The average molecular weight is 247 g/mol. The lowest BCUT2D eigenvalue weighted by atomic mass is 10.0. The van der Waals surface area contributed by atoms with Gasteiger partial charge in [0.05, 0.1) is 19.6 Å². The van der Waals surface area contributed by atoms with Crippen molar-refractivity contribution in [3.8, 4) is 11.5 Å². The van der Waals surface area contributed by atoms with Crippen molar-refractivity contribution >= 4 is 12.0 Å². The standard InChI is InChI=1S/C14H17NO3/c1-3-17-12-7-10-5-6-15-14(16)9-11(10)8-13(12)18-4-2/h5-8H,3-4,9H2,1-2H3,(H,15,16). The molecule has 1 N–H and O–H groups in total. The molecule has 1 heterocycles. The van der Waals surface area contributed by atoms with Gasteiger partial charge < -0.3 is 14.8 Å². The zero-order valence-electron chi connectivity index (χ0n) is 10.7. The van der Waals surface area contributed by atoms with Crippen LogP contribution in [0.25, 0.3) is 6.08 Å². The molecule has 1 aromatic rings. The Hall–Kier alpha value is -1.97. The highest BCUT2D eigenvalue weighted by Crippen LogP contribution is 2.32. The van der Waals surface area contributed by atoms with E-state index in [0.717, 1.165) is 16.9 Å². The SMILES string of the molecule is CCOc1cc2c(cc1OCC)CC(=O)NC=C2. The van der Waals surface area contributed by atoms with Gasteiger partial charge in [-0.25, -0.2) is 0 Å². The van der Waals surface area contributed by atoms with Crippen molar-refractivity contribution in [3.05, 3.63) is 29.5 Å². The average Bonchev–Trinajstić information content (AvgIpc) is 2.51. The summed E-state index contributed by atoms with van der Waals surface area (Å²) < 4.78 is 11.1. The third-order valence-electron chi connectivity index (χ3n) is 2.66. The number of rotatable bonds is 4. The molecule has 0 aromatic heterocycles. The topological polar surface area (TPSA) is 47.6 Å². The summed E-state index contributed by atoms with van der Waals surface area (Å²) in [5.41, 5.74) is 1.94. The third kappa shape index (κ3) is 2.64. The van der Waals surface area contributed by atoms with E-state index < -0.39 is 0 Å². The lowest BCUT2D eigenvalue weighted by molar-refractivity contribution is -0.119. The smallest absolute Gasteiger partial charge is 0.228 e. The summed E-state index contributed by atoms with van der Waals surface area (Å²) in [4.78, 5) is 11.5. The lowest BCUT2D eigenvalue weighted by Gasteiger charge is -2.14. The number of nitrogens with one attached hydrogen (secondary N) is 1. The van der Waals surface area contributed by atoms with E-state index in [0.29, 0.717) is 25.4 Å². The van der Waals surface area contributed by atoms with E-state index in [1.54, 1.807) is 6.20 Å². The first-order chi connectivity index (χ1) is 8.74. The van der Waals surface area contributed by atoms with Gasteiger partial charge in [-0.05, 0) is 43.2 Å². The number of hydrogen-bond acceptors (Lipinski definition) is 3. The van der Waals surface area contributed by atoms with Crippen LogP contribution < -0.4 is 14.8 Å². The van der Waals surface area contributed by atoms with Crippen LogP contribution in [0.4, 0.5) is 0 Å². The molecule has 1 aromatic carbocycles. The molecule has 0 fully saturated rings. The highest BCUT2D eigenvalue weighted by atomic mass is 16.5. The molecule has 0 aliphatic carbocycles. The van der Waals surface area contributed by atoms with Crippen LogP contribution in [-0.2, 0) is 11.2 Å². The molecule has 18 heavy (non-hydrogen) atoms. The van der Waals surface area contributed by atoms with Crippen LogP contribution in [0.1, 0.15) is 25.0 Å². The number of amides is 1. The van der Waals surface area contributed by atoms with Gasteiger partial charge >= 0.3 is 0 Å². The van der Waals surface area contributed by atoms with E-state index >= 15 is 0 Å². The highest BCUT2D eigenvalue weighted by molar-refractivity contribution is 5.83. The molecular formula is C14H17NO3. The first-order valence-corrected chi connectivity index (χ1v) is 6.13. The van der Waals surface area contributed by atoms with Crippen LogP contribution in [0.5, 0.6) is 11.5 Å². The second-order valence-electron chi connectivity index (χ2n) is 3.94. The van der Waals surface area contributed by atoms with Gasteiger partial charge in [0.2, 0.25) is 5.91 Å². The summed E-state index contributed by atoms with van der Waals surface area (Å²) in [5.74, 6) is 1.40. The maximum absolute atomic E-state index is 11.5. The van der Waals surface area contributed by atoms with Crippen LogP contribution in [0.3, 0.4) is 0 Å². The number of carbonyl (C=O) groups is 1. The lowest BCUT2D eigenvalue weighted by Crippen LogP contribution is -2.17. The summed E-state index contributed by atoms with van der Waals surface area (Å²) in [6, 6.07) is 3.81. The molecule has 1 amide bonds. The van der Waals surface area contributed by atoms with Gasteiger partial charge in [0.25, 0.3) is 0 Å². The van der Waals surface area contributed by atoms with E-state index in [1.807, 2.05) is 32.1 Å². The predicted octanol–water partition coefficient (Wildman–Crippen LogP) is 2.13. The number of ether oxygens (including phenoxy) is 2. The summed E-state index contributed by atoms with van der Waals surface area (Å²) in [5, 5.41) is 2.69. The molecule has 0 saturated carbocycles. The molecular weight excluding hydrogens is 230 g/mol. The quantitative estimate of drug-likeness (QED) is 0.886. The van der Waals surface area contributed by atoms with Gasteiger partial charge in [-0.15, -0.1) is 0 Å². The van der Waals surface area contributed by atoms with E-state index in [4.69, 9.17) is 9.47 Å². The van der Waals surface area contributed by atoms with Crippen LogP contribution in [0.15, 0.2) is 18.3 Å². The summed E-state index contributed by atoms with van der Waals surface area (Å²) in [7, 11) is 0. The fourth-order valence-corrected chi connectivity index (χ4v) is 1.91. The Balaban J connectivity index is 2.43. The third-order valence-corrected chi connectivity index (χ3v) is 2.66. The number of fused-ring (bicyclic) bond motifs is 1. The van der Waals surface area contributed by atoms with Crippen molar-refractivity contribution in [3.63, 3.8) is 0 Å². The van der Waals surface area contributed by atoms with E-state index in [-0.39, 0.29) is 5.91 Å². The molecule has 0 saturated heterocycles. The van der Waals surface area contributed by atoms with Crippen molar-refractivity contribution in [2.75, 3.05) is 13.2 Å². The van der Waals surface area contributed by atoms with Gasteiger partial charge in [-0.3, -0.25) is 4.79 Å². The molecule has 0 spiro atoms. The summed E-state index contributed by atoms with van der Waals surface area (Å²) in [6.45, 7) is 5.01. The van der Waals surface area contributed by atoms with Crippen molar-refractivity contribution < 1.29 is 14.3 Å². The molecule has 0 unspecified atom stereocenters. The second-order valence-corrected chi connectivity index (χ2v) is 3.94. The Morgan fingerprint density at radius 1 is 1.17 bits per heavy atom. The maximum Gasteiger partial charge on any atom is 0.228 e. The van der Waals surface area contributed by atoms with Gasteiger partial charge in [0.1, 0.15) is 0 Å². The van der Waals surface area contributed by atoms with Crippen LogP contribution >= 0.6 is 0 Å². The fourth-order valence-electron chi connectivity index (χ4n) is 1.91. The summed E-state index contributed by atoms with van der Waals surface area (Å²) >= 11 is 0. The maximum atomic E-state index is 11.5. The minimum absolute atomic E-state index is 0.0170. The van der Waals surface area contributed by atoms with Gasteiger partial charge in [-0.2, -0.15) is 0 Å². The van der Waals surface area contributed by atoms with E-state index in [2.05, 4.69) is 5.32 Å². The Labute approximate surface area is 107 Å². The summed E-state index contributed by atoms with van der Waals surface area (Å²) in [6.07, 6.45) is 3.89. The number of hydrogen-bond donors (Lipinski definition) is 1. The van der Waals surface area contributed by atoms with E-state index in [1.165, 1.54) is 0 Å². The normalized spacial score (nSPS) is 13.6. The van der Waals surface area contributed by atoms with E-state index in [9.17, 15) is 4.79 Å². The molecule has 4 heteroatoms. The molecule has 1 aliphatic heterocycles. The molecule has 0 bridgehead atoms. The zero-order valence-corrected chi connectivity index (χ0v) is 10.7. The van der Waals surface area contributed by atoms with Crippen molar-refractivity contribution in [1.29, 1.82) is 0 Å². The Bertz CT molecular complexity index is 480. The predicted molar refractivity (Wildman–Crippen MR) is 69.7 cm³/mol. The van der Waals surface area contributed by atoms with Crippen LogP contribution in [0.2, 0.25) is 0 Å². The van der Waals surface area contributed by atoms with Crippen molar-refractivity contribution in [1.82, 2.24) is 5.32 Å². The van der Waals surface area contributed by atoms with Gasteiger partial charge in [0.15, 0.2) is 11.5 Å². The van der Waals surface area contributed by atoms with Crippen LogP contribution in [-0.4, -0.2) is 19.1 Å². The van der Waals surface area contributed by atoms with Gasteiger partial charge in [-0.1, -0.05) is 0 Å². The zero-order chi connectivity index (χ0) is 13.0. The molecule has 4 nitrogen and oxygen atoms in total. The molecule has 0 radical (unpaired) electrons. The molecule has 0 atom stereocenters. The monoisotopic (exact) mass is 247 g/mol. The molecule has 2 rings (SSSR count). The first-order valence-electron chi connectivity index (χ1n) is 6.13. The van der Waals surface area contributed by atoms with Crippen molar-refractivity contribution in [2.45, 2.75) is 20.3 Å². The van der Waals surface area contributed by atoms with Crippen molar-refractivity contribution in [2.24, 2.45) is 0 Å².